The largest absolute Gasteiger partial charge is 0.378 e. The number of morpholine rings is 1. The van der Waals surface area contributed by atoms with E-state index in [0.29, 0.717) is 37.6 Å². The Balaban J connectivity index is 2.08. The topological polar surface area (TPSA) is 105 Å². The van der Waals surface area contributed by atoms with Gasteiger partial charge in [-0.3, -0.25) is 14.3 Å². The summed E-state index contributed by atoms with van der Waals surface area (Å²) in [5, 5.41) is 2.97. The van der Waals surface area contributed by atoms with Gasteiger partial charge < -0.3 is 19.3 Å². The molecule has 1 aromatic heterocycles. The van der Waals surface area contributed by atoms with Crippen molar-refractivity contribution in [2.45, 2.75) is 25.6 Å². The molecule has 0 saturated carbocycles. The van der Waals surface area contributed by atoms with Crippen molar-refractivity contribution in [1.82, 2.24) is 9.78 Å². The summed E-state index contributed by atoms with van der Waals surface area (Å²) in [6.45, 7) is 5.75. The second kappa shape index (κ2) is 8.60. The maximum Gasteiger partial charge on any atom is 0.277 e. The fraction of sp³-hybridized carbons (Fsp3) is 0.444. The van der Waals surface area contributed by atoms with Gasteiger partial charge in [0.15, 0.2) is 11.1 Å². The normalized spacial score (nSPS) is 15.8. The molecule has 2 N–H and O–H groups in total. The Labute approximate surface area is 169 Å². The van der Waals surface area contributed by atoms with E-state index in [1.165, 1.54) is 16.9 Å². The van der Waals surface area contributed by atoms with Gasteiger partial charge in [-0.25, -0.2) is 4.21 Å². The molecule has 0 aliphatic carbocycles. The second-order valence-corrected chi connectivity index (χ2v) is 8.09. The summed E-state index contributed by atoms with van der Waals surface area (Å²) in [4.78, 5) is 27.5. The number of ether oxygens (including phenoxy) is 1. The van der Waals surface area contributed by atoms with Crippen LogP contribution in [-0.2, 0) is 21.6 Å². The average molecular weight is 428 g/mol. The van der Waals surface area contributed by atoms with Gasteiger partial charge in [0.25, 0.3) is 5.56 Å². The van der Waals surface area contributed by atoms with E-state index in [-0.39, 0.29) is 27.9 Å². The fourth-order valence-electron chi connectivity index (χ4n) is 3.23. The van der Waals surface area contributed by atoms with Crippen LogP contribution in [0.3, 0.4) is 0 Å². The average Bonchev–Trinajstić information content (AvgIpc) is 3.03. The van der Waals surface area contributed by atoms with Crippen LogP contribution in [0.15, 0.2) is 23.1 Å². The van der Waals surface area contributed by atoms with Gasteiger partial charge in [-0.2, -0.15) is 0 Å². The second-order valence-electron chi connectivity index (χ2n) is 6.79. The number of hydrogen-bond acceptors (Lipinski definition) is 5. The Bertz CT molecular complexity index is 963. The summed E-state index contributed by atoms with van der Waals surface area (Å²) >= 11 is 4.54. The molecular weight excluding hydrogens is 406 g/mol. The predicted molar refractivity (Wildman–Crippen MR) is 108 cm³/mol. The molecule has 2 heterocycles. The zero-order valence-corrected chi connectivity index (χ0v) is 17.2. The van der Waals surface area contributed by atoms with Crippen LogP contribution in [0, 0.1) is 0 Å². The number of aromatic nitrogens is 2. The molecule has 1 fully saturated rings. The molecule has 28 heavy (non-hydrogen) atoms. The summed E-state index contributed by atoms with van der Waals surface area (Å²) in [5.74, 6) is -0.595. The van der Waals surface area contributed by atoms with Crippen molar-refractivity contribution in [3.8, 4) is 0 Å². The third kappa shape index (κ3) is 4.07. The monoisotopic (exact) mass is 427 g/mol. The first-order chi connectivity index (χ1) is 13.3. The Hall–Kier alpha value is -1.94. The molecule has 1 atom stereocenters. The molecular formula is C18H22ClN3O5S. The number of anilines is 1. The number of nitrogens with zero attached hydrogens (tertiary/aromatic N) is 2. The number of benzene rings is 1. The zero-order valence-electron chi connectivity index (χ0n) is 15.6. The minimum absolute atomic E-state index is 0.00186. The highest BCUT2D eigenvalue weighted by molar-refractivity contribution is 7.78. The summed E-state index contributed by atoms with van der Waals surface area (Å²) in [5.41, 5.74) is 0.880. The van der Waals surface area contributed by atoms with Crippen LogP contribution in [0.5, 0.6) is 0 Å². The Morgan fingerprint density at radius 3 is 2.57 bits per heavy atom. The first-order valence-electron chi connectivity index (χ1n) is 8.87. The lowest BCUT2D eigenvalue weighted by molar-refractivity contribution is 0.103. The highest BCUT2D eigenvalue weighted by atomic mass is 35.5. The zero-order chi connectivity index (χ0) is 20.4. The lowest BCUT2D eigenvalue weighted by atomic mass is 10.0. The lowest BCUT2D eigenvalue weighted by Crippen LogP contribution is -2.37. The Kier molecular flexibility index (Phi) is 6.39. The van der Waals surface area contributed by atoms with Crippen molar-refractivity contribution >= 4 is 34.2 Å². The minimum atomic E-state index is -2.06. The van der Waals surface area contributed by atoms with Crippen molar-refractivity contribution < 1.29 is 18.3 Å². The van der Waals surface area contributed by atoms with Crippen molar-refractivity contribution in [2.24, 2.45) is 0 Å². The highest BCUT2D eigenvalue weighted by Crippen LogP contribution is 2.35. The molecule has 1 aliphatic heterocycles. The maximum absolute atomic E-state index is 13.0. The number of aromatic amines is 1. The summed E-state index contributed by atoms with van der Waals surface area (Å²) in [6, 6.07) is 3.00. The van der Waals surface area contributed by atoms with Crippen LogP contribution in [0.1, 0.15) is 41.4 Å². The molecule has 10 heteroatoms. The van der Waals surface area contributed by atoms with Gasteiger partial charge in [-0.1, -0.05) is 17.7 Å². The van der Waals surface area contributed by atoms with Crippen molar-refractivity contribution in [3.63, 3.8) is 0 Å². The van der Waals surface area contributed by atoms with Crippen LogP contribution >= 0.6 is 11.6 Å². The number of hydrogen-bond donors (Lipinski definition) is 2. The molecule has 3 rings (SSSR count). The van der Waals surface area contributed by atoms with E-state index >= 15 is 0 Å². The van der Waals surface area contributed by atoms with Crippen LogP contribution in [0.25, 0.3) is 0 Å². The van der Waals surface area contributed by atoms with E-state index in [0.717, 1.165) is 0 Å². The van der Waals surface area contributed by atoms with Gasteiger partial charge in [0, 0.05) is 30.9 Å². The molecule has 1 saturated heterocycles. The van der Waals surface area contributed by atoms with Crippen LogP contribution in [0.4, 0.5) is 5.69 Å². The number of rotatable bonds is 6. The van der Waals surface area contributed by atoms with Crippen molar-refractivity contribution in [3.05, 3.63) is 50.4 Å². The number of H-pyrrole nitrogens is 1. The quantitative estimate of drug-likeness (QED) is 0.541. The molecule has 1 aromatic carbocycles. The summed E-state index contributed by atoms with van der Waals surface area (Å²) in [7, 11) is 0. The smallest absolute Gasteiger partial charge is 0.277 e. The molecule has 0 bridgehead atoms. The lowest BCUT2D eigenvalue weighted by Gasteiger charge is -2.31. The van der Waals surface area contributed by atoms with Crippen molar-refractivity contribution in [1.29, 1.82) is 0 Å². The molecule has 1 aliphatic rings. The molecule has 1 unspecified atom stereocenters. The number of nitrogens with one attached hydrogen (secondary N) is 1. The van der Waals surface area contributed by atoms with Crippen LogP contribution in [0.2, 0.25) is 5.02 Å². The van der Waals surface area contributed by atoms with E-state index < -0.39 is 22.4 Å². The number of carbonyl (C=O) groups is 1. The first kappa shape index (κ1) is 20.8. The Morgan fingerprint density at radius 1 is 1.32 bits per heavy atom. The van der Waals surface area contributed by atoms with E-state index in [1.807, 2.05) is 18.7 Å². The van der Waals surface area contributed by atoms with E-state index in [2.05, 4.69) is 5.10 Å². The van der Waals surface area contributed by atoms with Gasteiger partial charge in [0.2, 0.25) is 5.78 Å². The third-order valence-corrected chi connectivity index (χ3v) is 5.55. The van der Waals surface area contributed by atoms with Gasteiger partial charge in [-0.05, 0) is 25.5 Å². The van der Waals surface area contributed by atoms with Gasteiger partial charge in [0.05, 0.1) is 29.7 Å². The first-order valence-corrected chi connectivity index (χ1v) is 10.5. The van der Waals surface area contributed by atoms with Crippen LogP contribution < -0.4 is 10.5 Å². The van der Waals surface area contributed by atoms with E-state index in [4.69, 9.17) is 16.3 Å². The van der Waals surface area contributed by atoms with E-state index in [9.17, 15) is 18.4 Å². The van der Waals surface area contributed by atoms with Crippen molar-refractivity contribution in [2.75, 3.05) is 31.2 Å². The van der Waals surface area contributed by atoms with Gasteiger partial charge >= 0.3 is 0 Å². The highest BCUT2D eigenvalue weighted by Gasteiger charge is 2.26. The molecule has 152 valence electrons. The SMILES string of the molecule is CC(C)n1[nH]cc(C(=O)c2ccc(CS(=O)O)c(N3CCOCC3)c2Cl)c1=O. The minimum Gasteiger partial charge on any atom is -0.378 e. The third-order valence-electron chi connectivity index (χ3n) is 4.61. The molecule has 0 amide bonds. The summed E-state index contributed by atoms with van der Waals surface area (Å²) < 4.78 is 27.4. The summed E-state index contributed by atoms with van der Waals surface area (Å²) in [6.07, 6.45) is 1.38. The molecule has 0 spiro atoms. The standard InChI is InChI=1S/C18H22ClN3O5S/c1-11(2)22-18(24)14(9-20-22)17(23)13-4-3-12(10-28(25)26)16(15(13)19)21-5-7-27-8-6-21/h3-4,9,11,20H,5-8,10H2,1-2H3,(H,25,26). The van der Waals surface area contributed by atoms with Crippen LogP contribution in [-0.4, -0.2) is 50.6 Å². The molecule has 8 nitrogen and oxygen atoms in total. The maximum atomic E-state index is 13.0. The molecule has 2 aromatic rings. The number of ketones is 1. The number of carbonyl (C=O) groups excluding carboxylic acids is 1. The Morgan fingerprint density at radius 2 is 2.00 bits per heavy atom. The van der Waals surface area contributed by atoms with E-state index in [1.54, 1.807) is 6.07 Å². The number of halogens is 1. The molecule has 0 radical (unpaired) electrons. The predicted octanol–water partition coefficient (Wildman–Crippen LogP) is 2.20. The fourth-order valence-corrected chi connectivity index (χ4v) is 4.12. The van der Waals surface area contributed by atoms with Gasteiger partial charge in [-0.15, -0.1) is 0 Å². The van der Waals surface area contributed by atoms with Gasteiger partial charge in [0.1, 0.15) is 5.56 Å².